The lowest BCUT2D eigenvalue weighted by Crippen LogP contribution is -2.19. The third-order valence-electron chi connectivity index (χ3n) is 8.10. The summed E-state index contributed by atoms with van der Waals surface area (Å²) < 4.78 is 11.0. The van der Waals surface area contributed by atoms with Crippen molar-refractivity contribution < 1.29 is 20.5 Å². The SMILES string of the molecule is C.CCc1ccc(OC)cc1CC1CCCC(CCC(=O)[C@H]2CC(=O)O[C@@H]2c2ccc(C#N)cc2)CC1.[HH]. The van der Waals surface area contributed by atoms with E-state index in [1.807, 2.05) is 0 Å². The molecule has 0 N–H and O–H groups in total. The predicted molar refractivity (Wildman–Crippen MR) is 147 cm³/mol. The zero-order valence-corrected chi connectivity index (χ0v) is 21.5. The lowest BCUT2D eigenvalue weighted by atomic mass is 9.85. The highest BCUT2D eigenvalue weighted by Gasteiger charge is 2.40. The molecule has 2 aliphatic rings. The van der Waals surface area contributed by atoms with E-state index >= 15 is 0 Å². The number of cyclic esters (lactones) is 1. The molecule has 1 heterocycles. The van der Waals surface area contributed by atoms with Crippen LogP contribution in [0, 0.1) is 29.1 Å². The number of methoxy groups -OCH3 is 1. The normalized spacial score (nSPS) is 23.3. The van der Waals surface area contributed by atoms with Crippen LogP contribution < -0.4 is 4.74 Å². The lowest BCUT2D eigenvalue weighted by Gasteiger charge is -2.19. The summed E-state index contributed by atoms with van der Waals surface area (Å²) in [6.45, 7) is 2.21. The third-order valence-corrected chi connectivity index (χ3v) is 8.10. The van der Waals surface area contributed by atoms with Gasteiger partial charge < -0.3 is 9.47 Å². The van der Waals surface area contributed by atoms with Gasteiger partial charge in [-0.15, -0.1) is 0 Å². The molecular formula is C32H43NO4. The number of Topliss-reactive ketones (excluding diaryl/α,β-unsaturated/α-hetero) is 1. The van der Waals surface area contributed by atoms with Crippen LogP contribution >= 0.6 is 0 Å². The van der Waals surface area contributed by atoms with Gasteiger partial charge in [0.05, 0.1) is 31.1 Å². The van der Waals surface area contributed by atoms with E-state index in [1.165, 1.54) is 36.8 Å². The van der Waals surface area contributed by atoms with Gasteiger partial charge in [0, 0.05) is 7.85 Å². The van der Waals surface area contributed by atoms with Crippen LogP contribution in [0.15, 0.2) is 42.5 Å². The Balaban J connectivity index is 0.00000253. The number of aryl methyl sites for hydroxylation is 1. The van der Waals surface area contributed by atoms with Crippen molar-refractivity contribution in [3.05, 3.63) is 64.7 Å². The Morgan fingerprint density at radius 1 is 1.08 bits per heavy atom. The summed E-state index contributed by atoms with van der Waals surface area (Å²) >= 11 is 0. The highest BCUT2D eigenvalue weighted by atomic mass is 16.6. The number of rotatable bonds is 9. The van der Waals surface area contributed by atoms with Crippen molar-refractivity contribution in [2.45, 2.75) is 84.7 Å². The topological polar surface area (TPSA) is 76.4 Å². The summed E-state index contributed by atoms with van der Waals surface area (Å²) in [7, 11) is 1.72. The summed E-state index contributed by atoms with van der Waals surface area (Å²) in [5, 5.41) is 9.03. The number of carbonyl (C=O) groups is 2. The first-order valence-corrected chi connectivity index (χ1v) is 13.4. The van der Waals surface area contributed by atoms with Crippen LogP contribution in [0.3, 0.4) is 0 Å². The highest BCUT2D eigenvalue weighted by Crippen LogP contribution is 2.38. The summed E-state index contributed by atoms with van der Waals surface area (Å²) in [5.41, 5.74) is 4.16. The molecule has 4 rings (SSSR count). The maximum atomic E-state index is 13.2. The van der Waals surface area contributed by atoms with E-state index in [9.17, 15) is 9.59 Å². The Bertz CT molecular complexity index is 1110. The van der Waals surface area contributed by atoms with Crippen LogP contribution in [0.25, 0.3) is 0 Å². The molecule has 1 aliphatic heterocycles. The van der Waals surface area contributed by atoms with Crippen LogP contribution in [0.1, 0.15) is 95.5 Å². The number of nitrogens with zero attached hydrogens (tertiary/aromatic N) is 1. The summed E-state index contributed by atoms with van der Waals surface area (Å²) in [4.78, 5) is 25.2. The Morgan fingerprint density at radius 3 is 2.51 bits per heavy atom. The number of ether oxygens (including phenoxy) is 2. The van der Waals surface area contributed by atoms with Crippen molar-refractivity contribution in [2.24, 2.45) is 17.8 Å². The van der Waals surface area contributed by atoms with Crippen LogP contribution in [0.4, 0.5) is 0 Å². The average Bonchev–Trinajstić information content (AvgIpc) is 3.16. The van der Waals surface area contributed by atoms with Crippen molar-refractivity contribution in [2.75, 3.05) is 7.11 Å². The van der Waals surface area contributed by atoms with E-state index in [4.69, 9.17) is 14.7 Å². The van der Waals surface area contributed by atoms with E-state index in [2.05, 4.69) is 31.2 Å². The standard InChI is InChI=1S/C31H37NO4.CH4.H2/c1-3-24-14-15-27(35-2)18-26(24)17-22-6-4-5-21(7-8-22)11-16-29(33)28-19-30(34)36-31(28)25-12-9-23(20-32)10-13-25;;/h9-10,12-15,18,21-22,28,31H,3-8,11,16-17,19H2,1-2H3;1H4;1H/t21?,22?,28-,31-;;/m1../s1. The zero-order valence-electron chi connectivity index (χ0n) is 21.5. The number of carbonyl (C=O) groups excluding carboxylic acids is 2. The Kier molecular flexibility index (Phi) is 10.3. The Morgan fingerprint density at radius 2 is 1.81 bits per heavy atom. The van der Waals surface area contributed by atoms with E-state index in [0.717, 1.165) is 37.0 Å². The molecule has 2 fully saturated rings. The quantitative estimate of drug-likeness (QED) is 0.262. The molecule has 200 valence electrons. The fourth-order valence-corrected chi connectivity index (χ4v) is 5.94. The van der Waals surface area contributed by atoms with Gasteiger partial charge in [-0.2, -0.15) is 5.26 Å². The van der Waals surface area contributed by atoms with Gasteiger partial charge in [-0.1, -0.05) is 58.2 Å². The second kappa shape index (κ2) is 13.4. The zero-order chi connectivity index (χ0) is 25.5. The second-order valence-electron chi connectivity index (χ2n) is 10.4. The first kappa shape index (κ1) is 28.4. The minimum Gasteiger partial charge on any atom is -0.497 e. The van der Waals surface area contributed by atoms with Crippen molar-refractivity contribution >= 4 is 11.8 Å². The highest BCUT2D eigenvalue weighted by molar-refractivity contribution is 5.88. The van der Waals surface area contributed by atoms with Gasteiger partial charge in [0.15, 0.2) is 0 Å². The molecule has 2 aromatic rings. The first-order valence-electron chi connectivity index (χ1n) is 13.4. The number of hydrogen-bond acceptors (Lipinski definition) is 5. The Labute approximate surface area is 223 Å². The van der Waals surface area contributed by atoms with Crippen molar-refractivity contribution in [1.29, 1.82) is 5.26 Å². The van der Waals surface area contributed by atoms with Gasteiger partial charge >= 0.3 is 5.97 Å². The van der Waals surface area contributed by atoms with E-state index in [0.29, 0.717) is 23.8 Å². The molecule has 5 heteroatoms. The van der Waals surface area contributed by atoms with Gasteiger partial charge in [-0.25, -0.2) is 0 Å². The molecular weight excluding hydrogens is 462 g/mol. The molecule has 37 heavy (non-hydrogen) atoms. The molecule has 2 aromatic carbocycles. The van der Waals surface area contributed by atoms with Crippen molar-refractivity contribution in [3.8, 4) is 11.8 Å². The van der Waals surface area contributed by atoms with Gasteiger partial charge in [0.2, 0.25) is 0 Å². The molecule has 0 bridgehead atoms. The van der Waals surface area contributed by atoms with Gasteiger partial charge in [0.25, 0.3) is 0 Å². The molecule has 0 radical (unpaired) electrons. The van der Waals surface area contributed by atoms with E-state index in [1.54, 1.807) is 31.4 Å². The van der Waals surface area contributed by atoms with Crippen molar-refractivity contribution in [1.82, 2.24) is 0 Å². The molecule has 0 spiro atoms. The van der Waals surface area contributed by atoms with Gasteiger partial charge in [-0.05, 0) is 78.5 Å². The van der Waals surface area contributed by atoms with E-state index in [-0.39, 0.29) is 27.0 Å². The fourth-order valence-electron chi connectivity index (χ4n) is 5.94. The van der Waals surface area contributed by atoms with Crippen molar-refractivity contribution in [3.63, 3.8) is 0 Å². The number of benzene rings is 2. The molecule has 1 aliphatic carbocycles. The van der Waals surface area contributed by atoms with Gasteiger partial charge in [0.1, 0.15) is 17.6 Å². The number of ketones is 1. The molecule has 5 nitrogen and oxygen atoms in total. The maximum Gasteiger partial charge on any atom is 0.307 e. The first-order chi connectivity index (χ1) is 17.5. The number of esters is 1. The largest absolute Gasteiger partial charge is 0.497 e. The second-order valence-corrected chi connectivity index (χ2v) is 10.4. The third kappa shape index (κ3) is 7.22. The summed E-state index contributed by atoms with van der Waals surface area (Å²) in [6, 6.07) is 15.5. The summed E-state index contributed by atoms with van der Waals surface area (Å²) in [5.74, 6) is 1.54. The average molecular weight is 506 g/mol. The summed E-state index contributed by atoms with van der Waals surface area (Å²) in [6.07, 6.45) is 9.08. The smallest absolute Gasteiger partial charge is 0.307 e. The Hall–Kier alpha value is -3.13. The minimum atomic E-state index is -0.535. The predicted octanol–water partition coefficient (Wildman–Crippen LogP) is 7.40. The number of hydrogen-bond donors (Lipinski definition) is 0. The molecule has 0 amide bonds. The molecule has 1 saturated heterocycles. The van der Waals surface area contributed by atoms with E-state index < -0.39 is 12.0 Å². The molecule has 2 unspecified atom stereocenters. The lowest BCUT2D eigenvalue weighted by molar-refractivity contribution is -0.141. The maximum absolute atomic E-state index is 13.2. The van der Waals surface area contributed by atoms with Crippen LogP contribution in [0.5, 0.6) is 5.75 Å². The van der Waals surface area contributed by atoms with Crippen LogP contribution in [0.2, 0.25) is 0 Å². The number of nitriles is 1. The fraction of sp³-hybridized carbons (Fsp3) is 0.531. The monoisotopic (exact) mass is 505 g/mol. The molecule has 0 aromatic heterocycles. The molecule has 4 atom stereocenters. The van der Waals surface area contributed by atoms with Gasteiger partial charge in [-0.3, -0.25) is 9.59 Å². The minimum absolute atomic E-state index is 0. The van der Waals surface area contributed by atoms with Crippen LogP contribution in [-0.4, -0.2) is 18.9 Å². The molecule has 1 saturated carbocycles. The van der Waals surface area contributed by atoms with Crippen LogP contribution in [-0.2, 0) is 27.2 Å².